The number of methoxy groups -OCH3 is 1. The highest BCUT2D eigenvalue weighted by atomic mass is 19.1. The fraction of sp³-hybridized carbons (Fsp3) is 0.500. The lowest BCUT2D eigenvalue weighted by molar-refractivity contribution is 0.195. The topological polar surface area (TPSA) is 30.3 Å². The van der Waals surface area contributed by atoms with Gasteiger partial charge in [-0.15, -0.1) is 0 Å². The second kappa shape index (κ2) is 6.71. The van der Waals surface area contributed by atoms with Crippen molar-refractivity contribution in [2.24, 2.45) is 7.05 Å². The van der Waals surface area contributed by atoms with Gasteiger partial charge in [0, 0.05) is 32.3 Å². The monoisotopic (exact) mass is 317 g/mol. The summed E-state index contributed by atoms with van der Waals surface area (Å²) in [6.45, 7) is 4.91. The van der Waals surface area contributed by atoms with Crippen molar-refractivity contribution in [3.8, 4) is 5.75 Å². The lowest BCUT2D eigenvalue weighted by Gasteiger charge is -2.32. The maximum absolute atomic E-state index is 13.5. The highest BCUT2D eigenvalue weighted by Gasteiger charge is 2.24. The Bertz CT molecular complexity index is 683. The van der Waals surface area contributed by atoms with Gasteiger partial charge in [-0.25, -0.2) is 9.37 Å². The van der Waals surface area contributed by atoms with Gasteiger partial charge in [0.1, 0.15) is 5.82 Å². The molecule has 23 heavy (non-hydrogen) atoms. The van der Waals surface area contributed by atoms with Gasteiger partial charge < -0.3 is 9.30 Å². The molecule has 2 aromatic rings. The van der Waals surface area contributed by atoms with E-state index < -0.39 is 0 Å². The number of likely N-dealkylation sites (tertiary alicyclic amines) is 1. The van der Waals surface area contributed by atoms with Crippen molar-refractivity contribution in [2.75, 3.05) is 20.2 Å². The third-order valence-corrected chi connectivity index (χ3v) is 4.53. The van der Waals surface area contributed by atoms with E-state index in [-0.39, 0.29) is 5.82 Å². The smallest absolute Gasteiger partial charge is 0.165 e. The van der Waals surface area contributed by atoms with E-state index in [0.29, 0.717) is 11.7 Å². The molecule has 1 aromatic heterocycles. The molecule has 0 aliphatic carbocycles. The van der Waals surface area contributed by atoms with E-state index in [0.717, 1.165) is 37.3 Å². The third-order valence-electron chi connectivity index (χ3n) is 4.53. The molecule has 0 spiro atoms. The molecule has 0 bridgehead atoms. The van der Waals surface area contributed by atoms with Gasteiger partial charge >= 0.3 is 0 Å². The number of imidazole rings is 1. The van der Waals surface area contributed by atoms with Gasteiger partial charge in [-0.05, 0) is 44.0 Å². The number of piperidine rings is 1. The number of ether oxygens (including phenoxy) is 1. The van der Waals surface area contributed by atoms with Crippen molar-refractivity contribution >= 4 is 0 Å². The molecule has 124 valence electrons. The van der Waals surface area contributed by atoms with Crippen molar-refractivity contribution in [3.05, 3.63) is 47.3 Å². The van der Waals surface area contributed by atoms with E-state index in [1.54, 1.807) is 6.07 Å². The molecule has 2 heterocycles. The summed E-state index contributed by atoms with van der Waals surface area (Å²) >= 11 is 0. The van der Waals surface area contributed by atoms with Gasteiger partial charge in [-0.2, -0.15) is 0 Å². The van der Waals surface area contributed by atoms with Crippen molar-refractivity contribution in [1.29, 1.82) is 0 Å². The SMILES string of the molecule is COc1cc(CN2CCC[C@H](c3nc(C)cn3C)C2)ccc1F. The zero-order valence-corrected chi connectivity index (χ0v) is 14.1. The molecule has 0 N–H and O–H groups in total. The number of hydrogen-bond donors (Lipinski definition) is 0. The van der Waals surface area contributed by atoms with Gasteiger partial charge in [0.2, 0.25) is 0 Å². The van der Waals surface area contributed by atoms with Crippen LogP contribution in [0.1, 0.15) is 35.8 Å². The number of aromatic nitrogens is 2. The van der Waals surface area contributed by atoms with Gasteiger partial charge in [0.05, 0.1) is 12.8 Å². The van der Waals surface area contributed by atoms with E-state index in [1.807, 2.05) is 13.0 Å². The average molecular weight is 317 g/mol. The first-order valence-electron chi connectivity index (χ1n) is 8.11. The second-order valence-corrected chi connectivity index (χ2v) is 6.39. The maximum Gasteiger partial charge on any atom is 0.165 e. The minimum atomic E-state index is -0.309. The molecule has 1 saturated heterocycles. The number of nitrogens with zero attached hydrogens (tertiary/aromatic N) is 3. The van der Waals surface area contributed by atoms with E-state index in [4.69, 9.17) is 4.74 Å². The van der Waals surface area contributed by atoms with Crippen LogP contribution in [-0.2, 0) is 13.6 Å². The first kappa shape index (κ1) is 16.0. The van der Waals surface area contributed by atoms with E-state index in [9.17, 15) is 4.39 Å². The Kier molecular flexibility index (Phi) is 4.66. The number of benzene rings is 1. The van der Waals surface area contributed by atoms with Gasteiger partial charge in [-0.1, -0.05) is 6.07 Å². The summed E-state index contributed by atoms with van der Waals surface area (Å²) in [5, 5.41) is 0. The zero-order valence-electron chi connectivity index (χ0n) is 14.1. The Morgan fingerprint density at radius 2 is 2.22 bits per heavy atom. The zero-order chi connectivity index (χ0) is 16.4. The van der Waals surface area contributed by atoms with Crippen molar-refractivity contribution in [2.45, 2.75) is 32.2 Å². The summed E-state index contributed by atoms with van der Waals surface area (Å²) < 4.78 is 20.7. The van der Waals surface area contributed by atoms with E-state index >= 15 is 0 Å². The molecule has 1 aromatic carbocycles. The quantitative estimate of drug-likeness (QED) is 0.867. The molecule has 0 amide bonds. The highest BCUT2D eigenvalue weighted by Crippen LogP contribution is 2.28. The minimum absolute atomic E-state index is 0.309. The molecular formula is C18H24FN3O. The van der Waals surface area contributed by atoms with Crippen LogP contribution in [0.2, 0.25) is 0 Å². The molecule has 1 atom stereocenters. The van der Waals surface area contributed by atoms with Crippen LogP contribution in [0.25, 0.3) is 0 Å². The predicted molar refractivity (Wildman–Crippen MR) is 88.1 cm³/mol. The molecule has 5 heteroatoms. The standard InChI is InChI=1S/C18H24FN3O/c1-13-10-21(2)18(20-13)15-5-4-8-22(12-15)11-14-6-7-16(19)17(9-14)23-3/h6-7,9-10,15H,4-5,8,11-12H2,1-3H3/t15-/m0/s1. The first-order chi connectivity index (χ1) is 11.1. The Morgan fingerprint density at radius 1 is 1.39 bits per heavy atom. The molecule has 1 aliphatic heterocycles. The summed E-state index contributed by atoms with van der Waals surface area (Å²) in [6.07, 6.45) is 4.42. The van der Waals surface area contributed by atoms with Crippen LogP contribution in [-0.4, -0.2) is 34.7 Å². The summed E-state index contributed by atoms with van der Waals surface area (Å²) in [5.74, 6) is 1.64. The minimum Gasteiger partial charge on any atom is -0.494 e. The van der Waals surface area contributed by atoms with Gasteiger partial charge in [-0.3, -0.25) is 4.90 Å². The number of rotatable bonds is 4. The van der Waals surface area contributed by atoms with E-state index in [2.05, 4.69) is 27.7 Å². The number of halogens is 1. The first-order valence-corrected chi connectivity index (χ1v) is 8.11. The largest absolute Gasteiger partial charge is 0.494 e. The molecular weight excluding hydrogens is 293 g/mol. The van der Waals surface area contributed by atoms with Gasteiger partial charge in [0.15, 0.2) is 11.6 Å². The van der Waals surface area contributed by atoms with Crippen LogP contribution >= 0.6 is 0 Å². The second-order valence-electron chi connectivity index (χ2n) is 6.39. The highest BCUT2D eigenvalue weighted by molar-refractivity contribution is 5.30. The lowest BCUT2D eigenvalue weighted by Crippen LogP contribution is -2.34. The number of hydrogen-bond acceptors (Lipinski definition) is 3. The van der Waals surface area contributed by atoms with Crippen LogP contribution in [0.5, 0.6) is 5.75 Å². The fourth-order valence-electron chi connectivity index (χ4n) is 3.48. The van der Waals surface area contributed by atoms with Crippen LogP contribution in [0.4, 0.5) is 4.39 Å². The maximum atomic E-state index is 13.5. The van der Waals surface area contributed by atoms with Crippen LogP contribution in [0, 0.1) is 12.7 Å². The van der Waals surface area contributed by atoms with Crippen molar-refractivity contribution in [3.63, 3.8) is 0 Å². The normalized spacial score (nSPS) is 19.0. The van der Waals surface area contributed by atoms with Crippen LogP contribution in [0.3, 0.4) is 0 Å². The molecule has 4 nitrogen and oxygen atoms in total. The summed E-state index contributed by atoms with van der Waals surface area (Å²) in [5.41, 5.74) is 2.16. The Hall–Kier alpha value is -1.88. The molecule has 0 saturated carbocycles. The van der Waals surface area contributed by atoms with Crippen molar-refractivity contribution in [1.82, 2.24) is 14.5 Å². The summed E-state index contributed by atoms with van der Waals surface area (Å²) in [7, 11) is 3.57. The molecule has 0 radical (unpaired) electrons. The number of aryl methyl sites for hydroxylation is 2. The molecule has 1 fully saturated rings. The summed E-state index contributed by atoms with van der Waals surface area (Å²) in [6, 6.07) is 5.12. The average Bonchev–Trinajstić information content (AvgIpc) is 2.88. The van der Waals surface area contributed by atoms with E-state index in [1.165, 1.54) is 25.4 Å². The van der Waals surface area contributed by atoms with Crippen molar-refractivity contribution < 1.29 is 9.13 Å². The molecule has 3 rings (SSSR count). The van der Waals surface area contributed by atoms with Crippen LogP contribution in [0.15, 0.2) is 24.4 Å². The Balaban J connectivity index is 1.70. The van der Waals surface area contributed by atoms with Crippen LogP contribution < -0.4 is 4.74 Å². The third kappa shape index (κ3) is 3.55. The Labute approximate surface area is 136 Å². The Morgan fingerprint density at radius 3 is 2.91 bits per heavy atom. The van der Waals surface area contributed by atoms with Gasteiger partial charge in [0.25, 0.3) is 0 Å². The summed E-state index contributed by atoms with van der Waals surface area (Å²) in [4.78, 5) is 7.10. The molecule has 0 unspecified atom stereocenters. The lowest BCUT2D eigenvalue weighted by atomic mass is 9.96. The fourth-order valence-corrected chi connectivity index (χ4v) is 3.48. The predicted octanol–water partition coefficient (Wildman–Crippen LogP) is 3.26. The molecule has 1 aliphatic rings.